The van der Waals surface area contributed by atoms with Gasteiger partial charge >= 0.3 is 0 Å². The third-order valence-electron chi connectivity index (χ3n) is 2.79. The van der Waals surface area contributed by atoms with E-state index < -0.39 is 10.0 Å². The Morgan fingerprint density at radius 3 is 2.24 bits per heavy atom. The summed E-state index contributed by atoms with van der Waals surface area (Å²) in [5.41, 5.74) is 2.82. The molecule has 0 radical (unpaired) electrons. The van der Waals surface area contributed by atoms with Crippen molar-refractivity contribution in [3.05, 3.63) is 59.7 Å². The first kappa shape index (κ1) is 14.9. The monoisotopic (exact) mass is 301 g/mol. The van der Waals surface area contributed by atoms with Crippen molar-refractivity contribution in [2.75, 3.05) is 16.3 Å². The second kappa shape index (κ2) is 6.29. The summed E-state index contributed by atoms with van der Waals surface area (Å²) in [5, 5.41) is 11.9. The van der Waals surface area contributed by atoms with Crippen molar-refractivity contribution in [2.24, 2.45) is 0 Å². The normalized spacial score (nSPS) is 10.7. The molecule has 0 aliphatic rings. The van der Waals surface area contributed by atoms with Crippen molar-refractivity contribution in [3.63, 3.8) is 0 Å². The summed E-state index contributed by atoms with van der Waals surface area (Å²) in [5.74, 6) is 0. The quantitative estimate of drug-likeness (QED) is 0.889. The SMILES string of the molecule is CS(=O)(=O)Nc1ccccc1NCc1ccc(C#N)cc1. The Morgan fingerprint density at radius 2 is 1.67 bits per heavy atom. The van der Waals surface area contributed by atoms with Gasteiger partial charge in [-0.1, -0.05) is 24.3 Å². The van der Waals surface area contributed by atoms with Crippen molar-refractivity contribution in [2.45, 2.75) is 6.54 Å². The van der Waals surface area contributed by atoms with Crippen molar-refractivity contribution in [1.82, 2.24) is 0 Å². The summed E-state index contributed by atoms with van der Waals surface area (Å²) < 4.78 is 25.1. The molecule has 0 aliphatic carbocycles. The largest absolute Gasteiger partial charge is 0.379 e. The van der Waals surface area contributed by atoms with Gasteiger partial charge in [-0.05, 0) is 29.8 Å². The number of benzene rings is 2. The van der Waals surface area contributed by atoms with Crippen LogP contribution in [0.3, 0.4) is 0 Å². The van der Waals surface area contributed by atoms with Crippen molar-refractivity contribution in [1.29, 1.82) is 5.26 Å². The summed E-state index contributed by atoms with van der Waals surface area (Å²) >= 11 is 0. The van der Waals surface area contributed by atoms with Crippen molar-refractivity contribution in [3.8, 4) is 6.07 Å². The van der Waals surface area contributed by atoms with E-state index in [1.165, 1.54) is 0 Å². The number of para-hydroxylation sites is 2. The van der Waals surface area contributed by atoms with Gasteiger partial charge < -0.3 is 5.32 Å². The first-order valence-electron chi connectivity index (χ1n) is 6.28. The Kier molecular flexibility index (Phi) is 4.45. The van der Waals surface area contributed by atoms with Crippen molar-refractivity contribution < 1.29 is 8.42 Å². The maximum absolute atomic E-state index is 11.3. The summed E-state index contributed by atoms with van der Waals surface area (Å²) in [6.07, 6.45) is 1.12. The molecule has 2 rings (SSSR count). The van der Waals surface area contributed by atoms with Crippen LogP contribution in [0.4, 0.5) is 11.4 Å². The van der Waals surface area contributed by atoms with Crippen LogP contribution in [0.5, 0.6) is 0 Å². The van der Waals surface area contributed by atoms with Crippen LogP contribution >= 0.6 is 0 Å². The van der Waals surface area contributed by atoms with Crippen LogP contribution in [0.1, 0.15) is 11.1 Å². The fourth-order valence-corrected chi connectivity index (χ4v) is 2.40. The van der Waals surface area contributed by atoms with E-state index in [0.717, 1.165) is 11.8 Å². The van der Waals surface area contributed by atoms with E-state index in [4.69, 9.17) is 5.26 Å². The van der Waals surface area contributed by atoms with E-state index in [1.807, 2.05) is 18.2 Å². The molecule has 6 heteroatoms. The second-order valence-electron chi connectivity index (χ2n) is 4.58. The zero-order valence-corrected chi connectivity index (χ0v) is 12.3. The zero-order chi connectivity index (χ0) is 15.3. The third-order valence-corrected chi connectivity index (χ3v) is 3.38. The summed E-state index contributed by atoms with van der Waals surface area (Å²) in [4.78, 5) is 0. The van der Waals surface area contributed by atoms with Gasteiger partial charge in [0.2, 0.25) is 10.0 Å². The molecular weight excluding hydrogens is 286 g/mol. The average molecular weight is 301 g/mol. The second-order valence-corrected chi connectivity index (χ2v) is 6.33. The number of nitriles is 1. The number of sulfonamides is 1. The molecule has 2 N–H and O–H groups in total. The molecule has 21 heavy (non-hydrogen) atoms. The summed E-state index contributed by atoms with van der Waals surface area (Å²) in [6.45, 7) is 0.536. The lowest BCUT2D eigenvalue weighted by molar-refractivity contribution is 0.607. The van der Waals surface area contributed by atoms with Gasteiger partial charge in [-0.3, -0.25) is 4.72 Å². The van der Waals surface area contributed by atoms with Gasteiger partial charge in [0.25, 0.3) is 0 Å². The fraction of sp³-hybridized carbons (Fsp3) is 0.133. The molecule has 2 aromatic carbocycles. The summed E-state index contributed by atoms with van der Waals surface area (Å²) in [7, 11) is -3.32. The van der Waals surface area contributed by atoms with Gasteiger partial charge in [-0.15, -0.1) is 0 Å². The predicted molar refractivity (Wildman–Crippen MR) is 83.4 cm³/mol. The highest BCUT2D eigenvalue weighted by Gasteiger charge is 2.06. The molecule has 108 valence electrons. The van der Waals surface area contributed by atoms with Gasteiger partial charge in [0.05, 0.1) is 29.3 Å². The Labute approximate surface area is 124 Å². The Bertz CT molecular complexity index is 762. The molecule has 0 saturated carbocycles. The van der Waals surface area contributed by atoms with Crippen LogP contribution in [-0.2, 0) is 16.6 Å². The van der Waals surface area contributed by atoms with E-state index >= 15 is 0 Å². The number of nitrogens with zero attached hydrogens (tertiary/aromatic N) is 1. The minimum atomic E-state index is -3.32. The lowest BCUT2D eigenvalue weighted by Gasteiger charge is -2.12. The molecule has 0 spiro atoms. The number of anilines is 2. The molecule has 0 fully saturated rings. The first-order chi connectivity index (χ1) is 9.98. The minimum Gasteiger partial charge on any atom is -0.379 e. The Balaban J connectivity index is 2.11. The van der Waals surface area contributed by atoms with Crippen LogP contribution in [-0.4, -0.2) is 14.7 Å². The lowest BCUT2D eigenvalue weighted by Crippen LogP contribution is -2.11. The van der Waals surface area contributed by atoms with Gasteiger partial charge in [0.1, 0.15) is 0 Å². The summed E-state index contributed by atoms with van der Waals surface area (Å²) in [6, 6.07) is 16.4. The smallest absolute Gasteiger partial charge is 0.229 e. The maximum Gasteiger partial charge on any atom is 0.229 e. The van der Waals surface area contributed by atoms with E-state index in [2.05, 4.69) is 16.1 Å². The molecule has 0 bridgehead atoms. The number of rotatable bonds is 5. The highest BCUT2D eigenvalue weighted by molar-refractivity contribution is 7.92. The molecule has 0 aliphatic heterocycles. The van der Waals surface area contributed by atoms with Crippen molar-refractivity contribution >= 4 is 21.4 Å². The molecule has 0 amide bonds. The molecule has 0 atom stereocenters. The third kappa shape index (κ3) is 4.51. The molecule has 0 saturated heterocycles. The van der Waals surface area contributed by atoms with E-state index in [0.29, 0.717) is 23.5 Å². The van der Waals surface area contributed by atoms with Crippen LogP contribution < -0.4 is 10.0 Å². The highest BCUT2D eigenvalue weighted by Crippen LogP contribution is 2.22. The Hall–Kier alpha value is -2.52. The van der Waals surface area contributed by atoms with E-state index in [9.17, 15) is 8.42 Å². The van der Waals surface area contributed by atoms with Crippen LogP contribution in [0.2, 0.25) is 0 Å². The molecule has 2 aromatic rings. The molecular formula is C15H15N3O2S. The topological polar surface area (TPSA) is 82.0 Å². The first-order valence-corrected chi connectivity index (χ1v) is 8.17. The number of hydrogen-bond acceptors (Lipinski definition) is 4. The lowest BCUT2D eigenvalue weighted by atomic mass is 10.1. The fourth-order valence-electron chi connectivity index (χ4n) is 1.82. The predicted octanol–water partition coefficient (Wildman–Crippen LogP) is 2.54. The minimum absolute atomic E-state index is 0.508. The zero-order valence-electron chi connectivity index (χ0n) is 11.5. The average Bonchev–Trinajstić information content (AvgIpc) is 2.45. The van der Waals surface area contributed by atoms with E-state index in [1.54, 1.807) is 30.3 Å². The van der Waals surface area contributed by atoms with Gasteiger partial charge in [-0.25, -0.2) is 8.42 Å². The van der Waals surface area contributed by atoms with Gasteiger partial charge in [0, 0.05) is 6.54 Å². The van der Waals surface area contributed by atoms with Crippen LogP contribution in [0, 0.1) is 11.3 Å². The molecule has 0 aromatic heterocycles. The highest BCUT2D eigenvalue weighted by atomic mass is 32.2. The van der Waals surface area contributed by atoms with Gasteiger partial charge in [0.15, 0.2) is 0 Å². The Morgan fingerprint density at radius 1 is 1.05 bits per heavy atom. The van der Waals surface area contributed by atoms with Crippen LogP contribution in [0.15, 0.2) is 48.5 Å². The molecule has 5 nitrogen and oxygen atoms in total. The maximum atomic E-state index is 11.3. The molecule has 0 unspecified atom stereocenters. The van der Waals surface area contributed by atoms with Crippen LogP contribution in [0.25, 0.3) is 0 Å². The standard InChI is InChI=1S/C15H15N3O2S/c1-21(19,20)18-15-5-3-2-4-14(15)17-11-13-8-6-12(10-16)7-9-13/h2-9,17-18H,11H2,1H3. The van der Waals surface area contributed by atoms with Gasteiger partial charge in [-0.2, -0.15) is 5.26 Å². The van der Waals surface area contributed by atoms with E-state index in [-0.39, 0.29) is 0 Å². The molecule has 0 heterocycles. The number of hydrogen-bond donors (Lipinski definition) is 2. The number of nitrogens with one attached hydrogen (secondary N) is 2.